The lowest BCUT2D eigenvalue weighted by atomic mass is 9.91. The largest absolute Gasteiger partial charge is 0.508 e. The van der Waals surface area contributed by atoms with E-state index >= 15 is 0 Å². The number of aryl methyl sites for hydroxylation is 1. The number of hydrogen-bond donors (Lipinski definition) is 2. The number of phenols is 1. The number of hydrogen-bond acceptors (Lipinski definition) is 3. The van der Waals surface area contributed by atoms with Crippen LogP contribution in [0, 0.1) is 0 Å². The molecule has 0 radical (unpaired) electrons. The minimum absolute atomic E-state index is 0.205. The molecule has 0 heterocycles. The van der Waals surface area contributed by atoms with Crippen LogP contribution in [0.4, 0.5) is 13.2 Å². The summed E-state index contributed by atoms with van der Waals surface area (Å²) < 4.78 is 30.7. The van der Waals surface area contributed by atoms with Gasteiger partial charge in [0, 0.05) is 12.0 Å². The van der Waals surface area contributed by atoms with E-state index in [0.29, 0.717) is 6.42 Å². The van der Waals surface area contributed by atoms with Crippen molar-refractivity contribution in [1.82, 2.24) is 0 Å². The molecule has 1 aromatic rings. The normalized spacial score (nSPS) is 14.7. The average Bonchev–Trinajstić information content (AvgIpc) is 2.14. The molecule has 0 amide bonds. The van der Waals surface area contributed by atoms with Crippen molar-refractivity contribution in [2.75, 3.05) is 0 Å². The molecule has 6 heteroatoms. The summed E-state index contributed by atoms with van der Waals surface area (Å²) in [6, 6.07) is 4.97. The highest BCUT2D eigenvalue weighted by Gasteiger charge is 2.18. The van der Waals surface area contributed by atoms with Gasteiger partial charge in [0.1, 0.15) is 5.75 Å². The first-order valence-corrected chi connectivity index (χ1v) is 5.36. The summed E-state index contributed by atoms with van der Waals surface area (Å²) in [6.07, 6.45) is 2.47. The summed E-state index contributed by atoms with van der Waals surface area (Å²) in [7, 11) is 0. The quantitative estimate of drug-likeness (QED) is 0.705. The third-order valence-electron chi connectivity index (χ3n) is 2.24. The minimum atomic E-state index is -4.31. The highest BCUT2D eigenvalue weighted by molar-refractivity contribution is 7.81. The molecule has 0 aromatic heterocycles. The molecule has 0 aliphatic heterocycles. The van der Waals surface area contributed by atoms with E-state index in [1.807, 2.05) is 0 Å². The molecule has 0 saturated carbocycles. The number of alkyl halides is 3. The van der Waals surface area contributed by atoms with Crippen molar-refractivity contribution in [2.45, 2.75) is 24.8 Å². The van der Waals surface area contributed by atoms with Crippen LogP contribution in [0.1, 0.15) is 28.8 Å². The molecular weight excluding hydrogens is 253 g/mol. The van der Waals surface area contributed by atoms with Crippen molar-refractivity contribution < 1.29 is 23.1 Å². The van der Waals surface area contributed by atoms with E-state index in [1.165, 1.54) is 0 Å². The number of benzene rings is 1. The van der Waals surface area contributed by atoms with Crippen molar-refractivity contribution in [2.24, 2.45) is 0 Å². The second-order valence-corrected chi connectivity index (χ2v) is 4.09. The molecule has 1 aromatic carbocycles. The van der Waals surface area contributed by atoms with Gasteiger partial charge in [-0.3, -0.25) is 4.79 Å². The molecule has 0 spiro atoms. The Morgan fingerprint density at radius 3 is 2.41 bits per heavy atom. The van der Waals surface area contributed by atoms with Gasteiger partial charge in [0.05, 0.1) is 0 Å². The molecule has 1 aliphatic rings. The zero-order valence-electron chi connectivity index (χ0n) is 8.79. The Kier molecular flexibility index (Phi) is 4.45. The van der Waals surface area contributed by atoms with Crippen LogP contribution < -0.4 is 0 Å². The highest BCUT2D eigenvalue weighted by Crippen LogP contribution is 2.24. The van der Waals surface area contributed by atoms with E-state index in [-0.39, 0.29) is 11.5 Å². The molecule has 17 heavy (non-hydrogen) atoms. The fourth-order valence-corrected chi connectivity index (χ4v) is 1.63. The molecule has 0 fully saturated rings. The van der Waals surface area contributed by atoms with Crippen LogP contribution in [-0.4, -0.2) is 16.4 Å². The summed E-state index contributed by atoms with van der Waals surface area (Å²) in [5.74, 6) is 0.458. The van der Waals surface area contributed by atoms with Crippen molar-refractivity contribution in [3.63, 3.8) is 0 Å². The molecule has 1 N–H and O–H groups in total. The second-order valence-electron chi connectivity index (χ2n) is 3.59. The second kappa shape index (κ2) is 5.44. The Labute approximate surface area is 102 Å². The van der Waals surface area contributed by atoms with E-state index in [1.54, 1.807) is 18.2 Å². The number of thiol groups is 1. The van der Waals surface area contributed by atoms with Crippen LogP contribution in [-0.2, 0) is 6.42 Å². The Balaban J connectivity index is 0.000000249. The Morgan fingerprint density at radius 1 is 1.24 bits per heavy atom. The first kappa shape index (κ1) is 13.9. The lowest BCUT2D eigenvalue weighted by molar-refractivity contribution is -0.0303. The van der Waals surface area contributed by atoms with E-state index in [0.717, 1.165) is 24.0 Å². The van der Waals surface area contributed by atoms with Crippen LogP contribution in [0.25, 0.3) is 0 Å². The van der Waals surface area contributed by atoms with Crippen molar-refractivity contribution in [3.05, 3.63) is 29.3 Å². The number of rotatable bonds is 0. The number of halogens is 3. The van der Waals surface area contributed by atoms with Crippen LogP contribution in [0.5, 0.6) is 5.75 Å². The monoisotopic (exact) mass is 264 g/mol. The first-order valence-electron chi connectivity index (χ1n) is 4.91. The summed E-state index contributed by atoms with van der Waals surface area (Å²) in [5, 5.41) is 9.16. The summed E-state index contributed by atoms with van der Waals surface area (Å²) >= 11 is 2.12. The summed E-state index contributed by atoms with van der Waals surface area (Å²) in [6.45, 7) is 0. The number of carbonyl (C=O) groups is 1. The molecule has 94 valence electrons. The average molecular weight is 264 g/mol. The lowest BCUT2D eigenvalue weighted by Crippen LogP contribution is -2.09. The Bertz CT molecular complexity index is 410. The maximum Gasteiger partial charge on any atom is 0.438 e. The van der Waals surface area contributed by atoms with Crippen molar-refractivity contribution in [3.8, 4) is 5.75 Å². The van der Waals surface area contributed by atoms with E-state index in [4.69, 9.17) is 5.11 Å². The lowest BCUT2D eigenvalue weighted by Gasteiger charge is -2.13. The number of aromatic hydroxyl groups is 1. The van der Waals surface area contributed by atoms with E-state index < -0.39 is 5.51 Å². The van der Waals surface area contributed by atoms with Crippen LogP contribution in [0.15, 0.2) is 18.2 Å². The van der Waals surface area contributed by atoms with Gasteiger partial charge in [-0.25, -0.2) is 0 Å². The predicted octanol–water partition coefficient (Wildman–Crippen LogP) is 3.35. The molecule has 0 bridgehead atoms. The van der Waals surface area contributed by atoms with Gasteiger partial charge in [0.2, 0.25) is 0 Å². The number of fused-ring (bicyclic) bond motifs is 1. The Morgan fingerprint density at radius 2 is 1.82 bits per heavy atom. The number of carbonyl (C=O) groups excluding carboxylic acids is 1. The fourth-order valence-electron chi connectivity index (χ4n) is 1.63. The highest BCUT2D eigenvalue weighted by atomic mass is 32.1. The van der Waals surface area contributed by atoms with Gasteiger partial charge in [-0.1, -0.05) is 12.6 Å². The van der Waals surface area contributed by atoms with Gasteiger partial charge < -0.3 is 5.11 Å². The van der Waals surface area contributed by atoms with Crippen LogP contribution in [0.2, 0.25) is 0 Å². The molecule has 0 saturated heterocycles. The van der Waals surface area contributed by atoms with Gasteiger partial charge in [0.25, 0.3) is 0 Å². The van der Waals surface area contributed by atoms with E-state index in [9.17, 15) is 18.0 Å². The fraction of sp³-hybridized carbons (Fsp3) is 0.364. The SMILES string of the molecule is FC(F)(F)S.O=C1CCCc2cc(O)ccc21. The number of Topliss-reactive ketones (excluding diaryl/α,β-unsaturated/α-hetero) is 1. The molecular formula is C11H11F3O2S. The molecule has 1 aliphatic carbocycles. The smallest absolute Gasteiger partial charge is 0.438 e. The van der Waals surface area contributed by atoms with Gasteiger partial charge in [0.15, 0.2) is 5.78 Å². The number of ketones is 1. The predicted molar refractivity (Wildman–Crippen MR) is 60.4 cm³/mol. The van der Waals surface area contributed by atoms with E-state index in [2.05, 4.69) is 12.6 Å². The number of phenolic OH excluding ortho intramolecular Hbond substituents is 1. The van der Waals surface area contributed by atoms with Gasteiger partial charge in [-0.15, -0.1) is 0 Å². The van der Waals surface area contributed by atoms with Crippen molar-refractivity contribution >= 4 is 18.4 Å². The zero-order chi connectivity index (χ0) is 13.1. The third-order valence-corrected chi connectivity index (χ3v) is 2.24. The maximum atomic E-state index is 11.3. The summed E-state index contributed by atoms with van der Waals surface area (Å²) in [4.78, 5) is 11.3. The van der Waals surface area contributed by atoms with Gasteiger partial charge in [-0.05, 0) is 36.6 Å². The molecule has 2 nitrogen and oxygen atoms in total. The topological polar surface area (TPSA) is 37.3 Å². The third kappa shape index (κ3) is 5.12. The molecule has 0 unspecified atom stereocenters. The molecule has 2 rings (SSSR count). The minimum Gasteiger partial charge on any atom is -0.508 e. The van der Waals surface area contributed by atoms with Gasteiger partial charge in [-0.2, -0.15) is 13.2 Å². The Hall–Kier alpha value is -1.17. The maximum absolute atomic E-state index is 11.3. The zero-order valence-corrected chi connectivity index (χ0v) is 9.68. The standard InChI is InChI=1S/C10H10O2.CHF3S/c11-8-4-5-9-7(6-8)2-1-3-10(9)12;2-1(3,4)5/h4-6,11H,1-3H2;5H. The van der Waals surface area contributed by atoms with Crippen LogP contribution >= 0.6 is 12.6 Å². The van der Waals surface area contributed by atoms with Crippen LogP contribution in [0.3, 0.4) is 0 Å². The van der Waals surface area contributed by atoms with Crippen molar-refractivity contribution in [1.29, 1.82) is 0 Å². The van der Waals surface area contributed by atoms with Gasteiger partial charge >= 0.3 is 5.51 Å². The molecule has 0 atom stereocenters. The first-order chi connectivity index (χ1) is 7.77. The summed E-state index contributed by atoms with van der Waals surface area (Å²) in [5.41, 5.74) is -2.52.